The Morgan fingerprint density at radius 1 is 1.04 bits per heavy atom. The van der Waals surface area contributed by atoms with Crippen LogP contribution in [-0.4, -0.2) is 5.78 Å². The van der Waals surface area contributed by atoms with Crippen molar-refractivity contribution in [3.63, 3.8) is 0 Å². The number of ketones is 1. The third-order valence-corrected chi connectivity index (χ3v) is 3.81. The van der Waals surface area contributed by atoms with E-state index in [0.29, 0.717) is 10.6 Å². The molecule has 0 amide bonds. The lowest BCUT2D eigenvalue weighted by Crippen LogP contribution is -2.11. The molecule has 2 rings (SSSR count). The van der Waals surface area contributed by atoms with E-state index in [1.54, 1.807) is 42.5 Å². The fraction of sp³-hybridized carbons (Fsp3) is 0.200. The van der Waals surface area contributed by atoms with Gasteiger partial charge in [0.15, 0.2) is 0 Å². The molecular formula is C20H18ClNO. The summed E-state index contributed by atoms with van der Waals surface area (Å²) in [5.74, 6) is -0.275. The zero-order valence-electron chi connectivity index (χ0n) is 13.4. The van der Waals surface area contributed by atoms with E-state index in [2.05, 4.69) is 20.8 Å². The minimum Gasteiger partial charge on any atom is -0.288 e. The van der Waals surface area contributed by atoms with Crippen LogP contribution in [0.25, 0.3) is 6.08 Å². The van der Waals surface area contributed by atoms with Crippen molar-refractivity contribution >= 4 is 23.5 Å². The Morgan fingerprint density at radius 2 is 1.61 bits per heavy atom. The van der Waals surface area contributed by atoms with Crippen LogP contribution >= 0.6 is 11.6 Å². The summed E-state index contributed by atoms with van der Waals surface area (Å²) in [4.78, 5) is 12.5. The summed E-state index contributed by atoms with van der Waals surface area (Å²) < 4.78 is 0. The number of nitriles is 1. The Bertz CT molecular complexity index is 772. The molecule has 0 spiro atoms. The summed E-state index contributed by atoms with van der Waals surface area (Å²) in [6.45, 7) is 6.35. The molecule has 0 aliphatic heterocycles. The van der Waals surface area contributed by atoms with E-state index in [1.165, 1.54) is 0 Å². The zero-order chi connectivity index (χ0) is 17.0. The Labute approximate surface area is 142 Å². The van der Waals surface area contributed by atoms with Crippen molar-refractivity contribution in [1.29, 1.82) is 5.26 Å². The van der Waals surface area contributed by atoms with E-state index in [1.807, 2.05) is 18.2 Å². The van der Waals surface area contributed by atoms with Gasteiger partial charge in [0.1, 0.15) is 11.6 Å². The van der Waals surface area contributed by atoms with Gasteiger partial charge in [-0.25, -0.2) is 0 Å². The topological polar surface area (TPSA) is 40.9 Å². The molecule has 2 nitrogen and oxygen atoms in total. The first-order chi connectivity index (χ1) is 10.8. The van der Waals surface area contributed by atoms with Crippen LogP contribution in [0.2, 0.25) is 5.02 Å². The molecule has 0 aliphatic rings. The molecule has 0 bridgehead atoms. The van der Waals surface area contributed by atoms with Crippen molar-refractivity contribution in [3.05, 3.63) is 75.8 Å². The van der Waals surface area contributed by atoms with Crippen LogP contribution in [0, 0.1) is 11.3 Å². The van der Waals surface area contributed by atoms with Crippen molar-refractivity contribution in [1.82, 2.24) is 0 Å². The average molecular weight is 324 g/mol. The van der Waals surface area contributed by atoms with Crippen LogP contribution < -0.4 is 0 Å². The maximum atomic E-state index is 12.5. The van der Waals surface area contributed by atoms with Crippen LogP contribution in [0.1, 0.15) is 42.3 Å². The van der Waals surface area contributed by atoms with Crippen molar-refractivity contribution in [2.75, 3.05) is 0 Å². The highest BCUT2D eigenvalue weighted by Crippen LogP contribution is 2.23. The third kappa shape index (κ3) is 4.31. The summed E-state index contributed by atoms with van der Waals surface area (Å²) in [7, 11) is 0. The van der Waals surface area contributed by atoms with Gasteiger partial charge >= 0.3 is 0 Å². The van der Waals surface area contributed by atoms with Crippen LogP contribution in [0.5, 0.6) is 0 Å². The second kappa shape index (κ2) is 6.81. The van der Waals surface area contributed by atoms with E-state index in [0.717, 1.165) is 11.1 Å². The zero-order valence-corrected chi connectivity index (χ0v) is 14.2. The maximum Gasteiger partial charge on any atom is 0.203 e. The largest absolute Gasteiger partial charge is 0.288 e. The second-order valence-electron chi connectivity index (χ2n) is 6.38. The lowest BCUT2D eigenvalue weighted by Gasteiger charge is -2.18. The fourth-order valence-electron chi connectivity index (χ4n) is 2.15. The molecule has 116 valence electrons. The Kier molecular flexibility index (Phi) is 5.03. The number of hydrogen-bond acceptors (Lipinski definition) is 2. The van der Waals surface area contributed by atoms with E-state index < -0.39 is 0 Å². The molecule has 2 aromatic carbocycles. The van der Waals surface area contributed by atoms with Gasteiger partial charge in [0.05, 0.1) is 0 Å². The lowest BCUT2D eigenvalue weighted by atomic mass is 9.86. The van der Waals surface area contributed by atoms with Gasteiger partial charge in [0, 0.05) is 10.6 Å². The minimum atomic E-state index is -0.275. The molecule has 0 unspecified atom stereocenters. The highest BCUT2D eigenvalue weighted by Gasteiger charge is 2.16. The number of allylic oxidation sites excluding steroid dienone is 1. The first-order valence-corrected chi connectivity index (χ1v) is 7.71. The van der Waals surface area contributed by atoms with E-state index in [9.17, 15) is 10.1 Å². The van der Waals surface area contributed by atoms with Crippen LogP contribution in [-0.2, 0) is 5.41 Å². The number of nitrogens with zero attached hydrogens (tertiary/aromatic N) is 1. The standard InChI is InChI=1S/C20H18ClNO/c1-20(2,3)17-8-6-15(7-9-17)19(23)16(13-22)12-14-4-10-18(21)11-5-14/h4-12H,1-3H3. The summed E-state index contributed by atoms with van der Waals surface area (Å²) in [5, 5.41) is 9.91. The molecular weight excluding hydrogens is 306 g/mol. The van der Waals surface area contributed by atoms with Gasteiger partial charge in [-0.2, -0.15) is 5.26 Å². The summed E-state index contributed by atoms with van der Waals surface area (Å²) >= 11 is 5.84. The molecule has 0 N–H and O–H groups in total. The van der Waals surface area contributed by atoms with Crippen molar-refractivity contribution in [2.24, 2.45) is 0 Å². The van der Waals surface area contributed by atoms with Gasteiger partial charge in [0.2, 0.25) is 5.78 Å². The molecule has 0 saturated carbocycles. The third-order valence-electron chi connectivity index (χ3n) is 3.56. The predicted molar refractivity (Wildman–Crippen MR) is 94.5 cm³/mol. The van der Waals surface area contributed by atoms with Gasteiger partial charge in [-0.3, -0.25) is 4.79 Å². The van der Waals surface area contributed by atoms with Gasteiger partial charge < -0.3 is 0 Å². The van der Waals surface area contributed by atoms with Crippen molar-refractivity contribution in [3.8, 4) is 6.07 Å². The van der Waals surface area contributed by atoms with Gasteiger partial charge in [0.25, 0.3) is 0 Å². The lowest BCUT2D eigenvalue weighted by molar-refractivity contribution is 0.104. The monoisotopic (exact) mass is 323 g/mol. The number of rotatable bonds is 3. The molecule has 0 heterocycles. The molecule has 2 aromatic rings. The molecule has 23 heavy (non-hydrogen) atoms. The van der Waals surface area contributed by atoms with Gasteiger partial charge in [-0.05, 0) is 34.8 Å². The maximum absolute atomic E-state index is 12.5. The van der Waals surface area contributed by atoms with Crippen LogP contribution in [0.3, 0.4) is 0 Å². The SMILES string of the molecule is CC(C)(C)c1ccc(C(=O)C(C#N)=Cc2ccc(Cl)cc2)cc1. The average Bonchev–Trinajstić information content (AvgIpc) is 2.53. The van der Waals surface area contributed by atoms with E-state index in [-0.39, 0.29) is 16.8 Å². The number of hydrogen-bond donors (Lipinski definition) is 0. The highest BCUT2D eigenvalue weighted by atomic mass is 35.5. The quantitative estimate of drug-likeness (QED) is 0.429. The summed E-state index contributed by atoms with van der Waals surface area (Å²) in [6.07, 6.45) is 1.58. The number of benzene rings is 2. The number of Topliss-reactive ketones (excluding diaryl/α,β-unsaturated/α-hetero) is 1. The number of carbonyl (C=O) groups is 1. The Hall–Kier alpha value is -2.37. The van der Waals surface area contributed by atoms with Gasteiger partial charge in [-0.1, -0.05) is 68.8 Å². The highest BCUT2D eigenvalue weighted by molar-refractivity contribution is 6.30. The summed E-state index contributed by atoms with van der Waals surface area (Å²) in [5.41, 5.74) is 2.56. The molecule has 0 aliphatic carbocycles. The van der Waals surface area contributed by atoms with E-state index in [4.69, 9.17) is 11.6 Å². The molecule has 0 aromatic heterocycles. The molecule has 0 fully saturated rings. The predicted octanol–water partition coefficient (Wildman–Crippen LogP) is 5.43. The number of halogens is 1. The molecule has 0 saturated heterocycles. The smallest absolute Gasteiger partial charge is 0.203 e. The first-order valence-electron chi connectivity index (χ1n) is 7.34. The minimum absolute atomic E-state index is 0.0266. The van der Waals surface area contributed by atoms with Crippen LogP contribution in [0.4, 0.5) is 0 Å². The molecule has 3 heteroatoms. The van der Waals surface area contributed by atoms with Crippen LogP contribution in [0.15, 0.2) is 54.1 Å². The normalized spacial score (nSPS) is 11.9. The molecule has 0 atom stereocenters. The van der Waals surface area contributed by atoms with Gasteiger partial charge in [-0.15, -0.1) is 0 Å². The first kappa shape index (κ1) is 17.0. The Morgan fingerprint density at radius 3 is 2.09 bits per heavy atom. The van der Waals surface area contributed by atoms with Crippen molar-refractivity contribution < 1.29 is 4.79 Å². The fourth-order valence-corrected chi connectivity index (χ4v) is 2.28. The second-order valence-corrected chi connectivity index (χ2v) is 6.81. The summed E-state index contributed by atoms with van der Waals surface area (Å²) in [6, 6.07) is 16.4. The number of carbonyl (C=O) groups excluding carboxylic acids is 1. The Balaban J connectivity index is 2.30. The van der Waals surface area contributed by atoms with Crippen molar-refractivity contribution in [2.45, 2.75) is 26.2 Å². The van der Waals surface area contributed by atoms with E-state index >= 15 is 0 Å². The molecule has 0 radical (unpaired) electrons.